The molecule has 32 heavy (non-hydrogen) atoms. The topological polar surface area (TPSA) is 66.8 Å². The van der Waals surface area contributed by atoms with Crippen molar-refractivity contribution >= 4 is 46.1 Å². The van der Waals surface area contributed by atoms with E-state index in [4.69, 9.17) is 16.3 Å². The predicted octanol–water partition coefficient (Wildman–Crippen LogP) is 6.04. The molecule has 3 aromatic rings. The van der Waals surface area contributed by atoms with Crippen molar-refractivity contribution in [2.75, 3.05) is 11.5 Å². The molecule has 0 aliphatic carbocycles. The first kappa shape index (κ1) is 22.1. The minimum Gasteiger partial charge on any atom is -0.507 e. The molecule has 164 valence electrons. The molecule has 2 heterocycles. The van der Waals surface area contributed by atoms with E-state index in [9.17, 15) is 14.7 Å². The number of amides is 1. The van der Waals surface area contributed by atoms with Gasteiger partial charge in [-0.3, -0.25) is 14.5 Å². The molecule has 5 nitrogen and oxygen atoms in total. The highest BCUT2D eigenvalue weighted by atomic mass is 35.5. The molecule has 7 heteroatoms. The summed E-state index contributed by atoms with van der Waals surface area (Å²) in [6.45, 7) is 6.15. The van der Waals surface area contributed by atoms with Crippen molar-refractivity contribution in [1.82, 2.24) is 0 Å². The van der Waals surface area contributed by atoms with Gasteiger partial charge in [0.1, 0.15) is 17.6 Å². The summed E-state index contributed by atoms with van der Waals surface area (Å²) in [5, 5.41) is 13.6. The van der Waals surface area contributed by atoms with Crippen LogP contribution in [0.25, 0.3) is 5.76 Å². The normalized spacial score (nSPS) is 17.8. The van der Waals surface area contributed by atoms with Crippen LogP contribution in [0.4, 0.5) is 5.69 Å². The number of anilines is 1. The first-order chi connectivity index (χ1) is 15.3. The van der Waals surface area contributed by atoms with Crippen LogP contribution in [0.2, 0.25) is 5.02 Å². The lowest BCUT2D eigenvalue weighted by molar-refractivity contribution is -0.132. The molecule has 1 amide bonds. The van der Waals surface area contributed by atoms with Crippen molar-refractivity contribution in [3.8, 4) is 5.75 Å². The van der Waals surface area contributed by atoms with Gasteiger partial charge in [0, 0.05) is 21.2 Å². The number of aliphatic hydroxyl groups is 1. The highest BCUT2D eigenvalue weighted by Crippen LogP contribution is 2.44. The van der Waals surface area contributed by atoms with Gasteiger partial charge in [-0.2, -0.15) is 0 Å². The molecule has 1 atom stereocenters. The van der Waals surface area contributed by atoms with Crippen LogP contribution in [0.5, 0.6) is 5.75 Å². The standard InChI is InChI=1S/C25H22ClNO4S/c1-4-31-19-10-8-16(12-15(19)3)23(28)21-22(20-6-5-11-32-20)27(25(30)24(21)29)17-9-7-14(2)18(26)13-17/h5-13,22,28H,4H2,1-3H3/b23-21-. The number of carbonyl (C=O) groups is 2. The Kier molecular flexibility index (Phi) is 6.09. The van der Waals surface area contributed by atoms with E-state index in [1.807, 2.05) is 38.3 Å². The van der Waals surface area contributed by atoms with Crippen LogP contribution in [0.1, 0.15) is 34.5 Å². The second kappa shape index (κ2) is 8.81. The molecule has 1 aliphatic rings. The van der Waals surface area contributed by atoms with E-state index in [-0.39, 0.29) is 11.3 Å². The van der Waals surface area contributed by atoms with Crippen molar-refractivity contribution in [3.63, 3.8) is 0 Å². The SMILES string of the molecule is CCOc1ccc(/C(O)=C2/C(=O)C(=O)N(c3ccc(C)c(Cl)c3)C2c2cccs2)cc1C. The Hall–Kier alpha value is -3.09. The largest absolute Gasteiger partial charge is 0.507 e. The third-order valence-corrected chi connectivity index (χ3v) is 6.77. The lowest BCUT2D eigenvalue weighted by atomic mass is 9.98. The van der Waals surface area contributed by atoms with E-state index in [0.29, 0.717) is 28.6 Å². The molecule has 1 N–H and O–H groups in total. The zero-order valence-electron chi connectivity index (χ0n) is 17.9. The number of halogens is 1. The van der Waals surface area contributed by atoms with Crippen LogP contribution < -0.4 is 9.64 Å². The van der Waals surface area contributed by atoms with Gasteiger partial charge in [-0.05, 0) is 73.7 Å². The molecule has 1 unspecified atom stereocenters. The summed E-state index contributed by atoms with van der Waals surface area (Å²) in [5.74, 6) is -0.945. The number of carbonyl (C=O) groups excluding carboxylic acids is 2. The maximum atomic E-state index is 13.2. The Bertz CT molecular complexity index is 1230. The average Bonchev–Trinajstić information content (AvgIpc) is 3.38. The van der Waals surface area contributed by atoms with Crippen LogP contribution >= 0.6 is 22.9 Å². The summed E-state index contributed by atoms with van der Waals surface area (Å²) >= 11 is 7.72. The lowest BCUT2D eigenvalue weighted by Crippen LogP contribution is -2.29. The third kappa shape index (κ3) is 3.80. The number of nitrogens with zero attached hydrogens (tertiary/aromatic N) is 1. The molecule has 0 radical (unpaired) electrons. The number of aryl methyl sites for hydroxylation is 2. The van der Waals surface area contributed by atoms with Crippen LogP contribution in [0.3, 0.4) is 0 Å². The fourth-order valence-electron chi connectivity index (χ4n) is 3.82. The highest BCUT2D eigenvalue weighted by molar-refractivity contribution is 7.10. The fourth-order valence-corrected chi connectivity index (χ4v) is 4.81. The molecular weight excluding hydrogens is 446 g/mol. The van der Waals surface area contributed by atoms with Crippen LogP contribution in [0.15, 0.2) is 59.5 Å². The molecule has 0 spiro atoms. The van der Waals surface area contributed by atoms with E-state index >= 15 is 0 Å². The van der Waals surface area contributed by atoms with Gasteiger partial charge in [0.15, 0.2) is 0 Å². The average molecular weight is 468 g/mol. The molecule has 1 aliphatic heterocycles. The number of ketones is 1. The Morgan fingerprint density at radius 2 is 1.91 bits per heavy atom. The van der Waals surface area contributed by atoms with Gasteiger partial charge in [0.25, 0.3) is 11.7 Å². The number of hydrogen-bond acceptors (Lipinski definition) is 5. The molecule has 1 fully saturated rings. The van der Waals surface area contributed by atoms with Gasteiger partial charge >= 0.3 is 0 Å². The van der Waals surface area contributed by atoms with Crippen LogP contribution in [-0.4, -0.2) is 23.4 Å². The zero-order chi connectivity index (χ0) is 23.0. The maximum absolute atomic E-state index is 13.2. The van der Waals surface area contributed by atoms with Crippen LogP contribution in [0, 0.1) is 13.8 Å². The first-order valence-corrected chi connectivity index (χ1v) is 11.4. The number of rotatable bonds is 5. The van der Waals surface area contributed by atoms with Crippen molar-refractivity contribution < 1.29 is 19.4 Å². The smallest absolute Gasteiger partial charge is 0.300 e. The molecule has 4 rings (SSSR count). The lowest BCUT2D eigenvalue weighted by Gasteiger charge is -2.24. The van der Waals surface area contributed by atoms with Gasteiger partial charge in [-0.25, -0.2) is 0 Å². The monoisotopic (exact) mass is 467 g/mol. The van der Waals surface area contributed by atoms with Crippen molar-refractivity contribution in [3.05, 3.63) is 86.1 Å². The molecular formula is C25H22ClNO4S. The predicted molar refractivity (Wildman–Crippen MR) is 128 cm³/mol. The van der Waals surface area contributed by atoms with Gasteiger partial charge in [0.2, 0.25) is 0 Å². The second-order valence-corrected chi connectivity index (χ2v) is 8.92. The van der Waals surface area contributed by atoms with E-state index in [1.54, 1.807) is 36.4 Å². The summed E-state index contributed by atoms with van der Waals surface area (Å²) in [6, 6.07) is 13.4. The Labute approximate surface area is 195 Å². The summed E-state index contributed by atoms with van der Waals surface area (Å²) < 4.78 is 5.57. The number of thiophene rings is 1. The van der Waals surface area contributed by atoms with E-state index in [2.05, 4.69) is 0 Å². The van der Waals surface area contributed by atoms with Crippen LogP contribution in [-0.2, 0) is 9.59 Å². The third-order valence-electron chi connectivity index (χ3n) is 5.44. The van der Waals surface area contributed by atoms with E-state index in [0.717, 1.165) is 16.0 Å². The summed E-state index contributed by atoms with van der Waals surface area (Å²) in [5.41, 5.74) is 2.70. The molecule has 0 bridgehead atoms. The van der Waals surface area contributed by atoms with Gasteiger partial charge in [-0.1, -0.05) is 23.7 Å². The van der Waals surface area contributed by atoms with Gasteiger partial charge in [-0.15, -0.1) is 11.3 Å². The minimum absolute atomic E-state index is 0.0534. The fraction of sp³-hybridized carbons (Fsp3) is 0.200. The van der Waals surface area contributed by atoms with E-state index < -0.39 is 17.7 Å². The Balaban J connectivity index is 1.88. The Morgan fingerprint density at radius 1 is 1.12 bits per heavy atom. The van der Waals surface area contributed by atoms with Gasteiger partial charge < -0.3 is 9.84 Å². The minimum atomic E-state index is -0.749. The number of hydrogen-bond donors (Lipinski definition) is 1. The number of ether oxygens (including phenoxy) is 1. The first-order valence-electron chi connectivity index (χ1n) is 10.2. The number of benzene rings is 2. The van der Waals surface area contributed by atoms with Gasteiger partial charge in [0.05, 0.1) is 12.2 Å². The van der Waals surface area contributed by atoms with Crippen molar-refractivity contribution in [2.24, 2.45) is 0 Å². The quantitative estimate of drug-likeness (QED) is 0.282. The maximum Gasteiger partial charge on any atom is 0.300 e. The number of Topliss-reactive ketones (excluding diaryl/α,β-unsaturated/α-hetero) is 1. The Morgan fingerprint density at radius 3 is 2.53 bits per heavy atom. The summed E-state index contributed by atoms with van der Waals surface area (Å²) in [4.78, 5) is 28.5. The summed E-state index contributed by atoms with van der Waals surface area (Å²) in [7, 11) is 0. The zero-order valence-corrected chi connectivity index (χ0v) is 19.5. The summed E-state index contributed by atoms with van der Waals surface area (Å²) in [6.07, 6.45) is 0. The highest BCUT2D eigenvalue weighted by Gasteiger charge is 2.47. The van der Waals surface area contributed by atoms with E-state index in [1.165, 1.54) is 16.2 Å². The molecule has 2 aromatic carbocycles. The van der Waals surface area contributed by atoms with Crippen molar-refractivity contribution in [2.45, 2.75) is 26.8 Å². The van der Waals surface area contributed by atoms with Crippen molar-refractivity contribution in [1.29, 1.82) is 0 Å². The second-order valence-electron chi connectivity index (χ2n) is 7.53. The molecule has 0 saturated carbocycles. The number of aliphatic hydroxyl groups excluding tert-OH is 1. The molecule has 1 aromatic heterocycles. The molecule has 1 saturated heterocycles.